The van der Waals surface area contributed by atoms with Crippen molar-refractivity contribution in [2.75, 3.05) is 0 Å². The molecule has 2 amide bonds. The number of carbonyl (C=O) groups is 6. The van der Waals surface area contributed by atoms with E-state index >= 15 is 0 Å². The predicted octanol–water partition coefficient (Wildman–Crippen LogP) is -8.81. The van der Waals surface area contributed by atoms with Crippen LogP contribution in [0.4, 0.5) is 0 Å². The second kappa shape index (κ2) is 19.6. The molecule has 260 valence electrons. The van der Waals surface area contributed by atoms with Crippen LogP contribution >= 0.6 is 23.5 Å². The molecule has 4 aliphatic heterocycles. The Morgan fingerprint density at radius 1 is 0.700 bits per heavy atom. The van der Waals surface area contributed by atoms with Gasteiger partial charge in [-0.25, -0.2) is 0 Å². The van der Waals surface area contributed by atoms with Gasteiger partial charge in [0.1, 0.15) is 11.2 Å². The van der Waals surface area contributed by atoms with Crippen molar-refractivity contribution in [3.8, 4) is 0 Å². The molecular weight excluding hydrogens is 741 g/mol. The number of thioether (sulfide) groups is 2. The number of nitrogens with zero attached hydrogens (tertiary/aromatic N) is 2. The molecule has 50 heavy (non-hydrogen) atoms. The molecule has 0 radical (unpaired) electrons. The Morgan fingerprint density at radius 2 is 1.10 bits per heavy atom. The molecule has 17 heteroatoms. The molecule has 0 aromatic heterocycles. The Hall–Kier alpha value is -0.647. The molecule has 0 spiro atoms. The standard InChI is InChI=1S/C17H19NO4S.C8H12N2O3S.C8H8O2.2K.H2O/c1-17(2)13(16(21)22)18-14(20)12(15(18)23-17)9-11(19)8-10-6-4-3-5-7-10;1-8(2)4(7(12)13)10-5(11)3(9)6(10)14-8;9-8(10)6-7-4-2-1-3-5-7;;;/h3-7,12-13,15H,8-9H2,1-2H3,(H,21,22);3-4,6H,9H2,1-2H3,(H,12,13);1-5H,6H2,(H,9,10);;;1H2/q;;;2*+1;/p-2/t12-,13+,15?;3-,4+,6?;;;;/m11..../s1. The minimum atomic E-state index is -1.23. The van der Waals surface area contributed by atoms with Crippen molar-refractivity contribution in [3.05, 3.63) is 71.8 Å². The van der Waals surface area contributed by atoms with Crippen molar-refractivity contribution in [2.45, 2.75) is 85.3 Å². The minimum Gasteiger partial charge on any atom is -0.550 e. The number of fused-ring (bicyclic) bond motifs is 2. The second-order valence-electron chi connectivity index (χ2n) is 12.8. The number of ketones is 1. The van der Waals surface area contributed by atoms with Crippen LogP contribution in [0.1, 0.15) is 45.2 Å². The van der Waals surface area contributed by atoms with E-state index < -0.39 is 45.4 Å². The van der Waals surface area contributed by atoms with Crippen molar-refractivity contribution >= 4 is 59.0 Å². The molecule has 6 atom stereocenters. The first-order valence-corrected chi connectivity index (χ1v) is 16.8. The Labute approximate surface area is 384 Å². The molecular formula is C33H39K2N3O10S2. The summed E-state index contributed by atoms with van der Waals surface area (Å²) in [5, 5.41) is 32.0. The van der Waals surface area contributed by atoms with Crippen molar-refractivity contribution in [1.82, 2.24) is 9.80 Å². The smallest absolute Gasteiger partial charge is 0.550 e. The van der Waals surface area contributed by atoms with Crippen LogP contribution < -0.4 is 124 Å². The third kappa shape index (κ3) is 10.7. The molecule has 0 bridgehead atoms. The first-order valence-electron chi connectivity index (χ1n) is 15.0. The number of benzene rings is 2. The average Bonchev–Trinajstić information content (AvgIpc) is 3.42. The van der Waals surface area contributed by atoms with E-state index in [-0.39, 0.29) is 155 Å². The number of carboxylic acid groups (broad SMARTS) is 3. The Kier molecular flexibility index (Phi) is 18.6. The third-order valence-electron chi connectivity index (χ3n) is 8.43. The van der Waals surface area contributed by atoms with Gasteiger partial charge < -0.3 is 50.7 Å². The number of β-lactam (4-membered cyclic amide) rings is 2. The van der Waals surface area contributed by atoms with Crippen LogP contribution in [0.25, 0.3) is 0 Å². The zero-order valence-electron chi connectivity index (χ0n) is 29.0. The maximum absolute atomic E-state index is 12.3. The number of rotatable bonds is 8. The molecule has 0 aliphatic carbocycles. The van der Waals surface area contributed by atoms with Crippen molar-refractivity contribution < 1.29 is 158 Å². The molecule has 13 nitrogen and oxygen atoms in total. The zero-order valence-corrected chi connectivity index (χ0v) is 36.8. The van der Waals surface area contributed by atoms with E-state index in [0.717, 1.165) is 11.1 Å². The van der Waals surface area contributed by atoms with Gasteiger partial charge in [0.15, 0.2) is 6.04 Å². The first-order chi connectivity index (χ1) is 22.0. The summed E-state index contributed by atoms with van der Waals surface area (Å²) >= 11 is 2.93. The van der Waals surface area contributed by atoms with Gasteiger partial charge in [-0.15, -0.1) is 23.5 Å². The summed E-state index contributed by atoms with van der Waals surface area (Å²) in [6, 6.07) is 16.3. The van der Waals surface area contributed by atoms with Crippen LogP contribution in [0, 0.1) is 5.92 Å². The zero-order chi connectivity index (χ0) is 34.8. The Balaban J connectivity index is 0.000000398. The number of aliphatic carboxylic acids is 3. The van der Waals surface area contributed by atoms with E-state index in [1.165, 1.54) is 33.3 Å². The van der Waals surface area contributed by atoms with Gasteiger partial charge in [-0.1, -0.05) is 60.7 Å². The normalized spacial score (nSPS) is 25.8. The Bertz CT molecular complexity index is 1550. The molecule has 4 aliphatic rings. The van der Waals surface area contributed by atoms with Gasteiger partial charge in [-0.2, -0.15) is 0 Å². The summed E-state index contributed by atoms with van der Waals surface area (Å²) in [4.78, 5) is 71.0. The van der Waals surface area contributed by atoms with E-state index in [2.05, 4.69) is 5.73 Å². The molecule has 0 saturated carbocycles. The maximum Gasteiger partial charge on any atom is 1.00 e. The van der Waals surface area contributed by atoms with Crippen LogP contribution in [0.15, 0.2) is 60.7 Å². The number of amides is 2. The third-order valence-corrected chi connectivity index (χ3v) is 11.7. The summed E-state index contributed by atoms with van der Waals surface area (Å²) in [5.74, 6) is -4.28. The SMILES string of the molecule is CC1(C)SC2[C@H](CC(=O)Cc3ccccc3)C(=O)N2[C@H]1C(=O)[O-].CC1(C)SC2[C@H]([NH3+])C(=O)N2[C@H]1C(=O)[O-].O.O=C([O-])Cc1ccccc1.[K+].[K+]. The fourth-order valence-electron chi connectivity index (χ4n) is 6.23. The van der Waals surface area contributed by atoms with Gasteiger partial charge in [0, 0.05) is 34.7 Å². The molecule has 2 aromatic rings. The van der Waals surface area contributed by atoms with E-state index in [4.69, 9.17) is 0 Å². The number of hydrogen-bond acceptors (Lipinski definition) is 11. The monoisotopic (exact) mass is 779 g/mol. The van der Waals surface area contributed by atoms with Crippen molar-refractivity contribution in [2.24, 2.45) is 5.92 Å². The molecule has 5 N–H and O–H groups in total. The summed E-state index contributed by atoms with van der Waals surface area (Å²) in [7, 11) is 0. The van der Waals surface area contributed by atoms with Gasteiger partial charge in [-0.3, -0.25) is 14.4 Å². The van der Waals surface area contributed by atoms with Crippen LogP contribution in [0.3, 0.4) is 0 Å². The number of quaternary nitrogens is 1. The van der Waals surface area contributed by atoms with Gasteiger partial charge in [0.05, 0.1) is 35.3 Å². The number of carboxylic acids is 3. The summed E-state index contributed by atoms with van der Waals surface area (Å²) < 4.78 is -1.08. The molecule has 2 unspecified atom stereocenters. The van der Waals surface area contributed by atoms with E-state index in [0.29, 0.717) is 6.42 Å². The molecule has 4 saturated heterocycles. The molecule has 6 rings (SSSR count). The quantitative estimate of drug-likeness (QED) is 0.195. The van der Waals surface area contributed by atoms with Crippen molar-refractivity contribution in [3.63, 3.8) is 0 Å². The minimum absolute atomic E-state index is 0. The maximum atomic E-state index is 12.3. The van der Waals surface area contributed by atoms with Gasteiger partial charge >= 0.3 is 103 Å². The Morgan fingerprint density at radius 3 is 1.52 bits per heavy atom. The number of hydrogen-bond donors (Lipinski definition) is 1. The average molecular weight is 780 g/mol. The largest absolute Gasteiger partial charge is 1.00 e. The summed E-state index contributed by atoms with van der Waals surface area (Å²) in [6.07, 6.45) is 0.466. The first kappa shape index (κ1) is 47.4. The van der Waals surface area contributed by atoms with Crippen molar-refractivity contribution in [1.29, 1.82) is 0 Å². The topological polar surface area (TPSA) is 237 Å². The van der Waals surface area contributed by atoms with Crippen LogP contribution in [-0.4, -0.2) is 89.1 Å². The second-order valence-corrected chi connectivity index (χ2v) is 16.4. The summed E-state index contributed by atoms with van der Waals surface area (Å²) in [5.41, 5.74) is 5.41. The van der Waals surface area contributed by atoms with Crippen LogP contribution in [0.2, 0.25) is 0 Å². The molecule has 4 fully saturated rings. The molecule has 2 aromatic carbocycles. The summed E-state index contributed by atoms with van der Waals surface area (Å²) in [6.45, 7) is 7.23. The van der Waals surface area contributed by atoms with Crippen LogP contribution in [0.5, 0.6) is 0 Å². The van der Waals surface area contributed by atoms with Gasteiger partial charge in [-0.05, 0) is 38.8 Å². The van der Waals surface area contributed by atoms with Gasteiger partial charge in [0.2, 0.25) is 5.91 Å². The van der Waals surface area contributed by atoms with E-state index in [9.17, 15) is 44.1 Å². The number of Topliss-reactive ketones (excluding diaryl/α,β-unsaturated/α-hetero) is 1. The van der Waals surface area contributed by atoms with Crippen LogP contribution in [-0.2, 0) is 41.6 Å². The predicted molar refractivity (Wildman–Crippen MR) is 171 cm³/mol. The fraction of sp³-hybridized carbons (Fsp3) is 0.455. The van der Waals surface area contributed by atoms with Gasteiger partial charge in [0.25, 0.3) is 5.91 Å². The van der Waals surface area contributed by atoms with E-state index in [1.807, 2.05) is 50.2 Å². The van der Waals surface area contributed by atoms with E-state index in [1.54, 1.807) is 38.1 Å². The molecule has 4 heterocycles. The fourth-order valence-corrected chi connectivity index (χ4v) is 9.49. The number of carbonyl (C=O) groups excluding carboxylic acids is 6.